The average molecular weight is 290 g/mol. The summed E-state index contributed by atoms with van der Waals surface area (Å²) in [5, 5.41) is 13.3. The monoisotopic (exact) mass is 290 g/mol. The molecule has 1 aromatic rings. The van der Waals surface area contributed by atoms with Crippen molar-refractivity contribution in [1.82, 2.24) is 14.5 Å². The van der Waals surface area contributed by atoms with Crippen LogP contribution in [0.2, 0.25) is 0 Å². The molecule has 1 aromatic heterocycles. The van der Waals surface area contributed by atoms with E-state index in [2.05, 4.69) is 9.82 Å². The minimum absolute atomic E-state index is 0.0600. The maximum absolute atomic E-state index is 12.3. The van der Waals surface area contributed by atoms with E-state index in [0.29, 0.717) is 26.1 Å². The first-order valence-electron chi connectivity index (χ1n) is 5.90. The van der Waals surface area contributed by atoms with Crippen LogP contribution in [0.5, 0.6) is 0 Å². The molecule has 0 saturated carbocycles. The van der Waals surface area contributed by atoms with Gasteiger partial charge in [0.15, 0.2) is 5.82 Å². The van der Waals surface area contributed by atoms with Crippen LogP contribution in [0.15, 0.2) is 11.1 Å². The van der Waals surface area contributed by atoms with Crippen molar-refractivity contribution in [3.63, 3.8) is 0 Å². The Bertz CT molecular complexity index is 548. The summed E-state index contributed by atoms with van der Waals surface area (Å²) >= 11 is 0. The minimum Gasteiger partial charge on any atom is -0.394 e. The summed E-state index contributed by atoms with van der Waals surface area (Å²) in [5.41, 5.74) is 4.69. The molecular formula is C10H18N4O4S. The second-order valence-electron chi connectivity index (χ2n) is 4.71. The molecule has 0 amide bonds. The van der Waals surface area contributed by atoms with Crippen molar-refractivity contribution in [2.45, 2.75) is 23.3 Å². The third-order valence-electron chi connectivity index (χ3n) is 3.21. The van der Waals surface area contributed by atoms with Crippen LogP contribution in [0.1, 0.15) is 12.8 Å². The minimum atomic E-state index is -3.81. The van der Waals surface area contributed by atoms with Crippen molar-refractivity contribution in [2.75, 3.05) is 25.6 Å². The number of nitrogens with two attached hydrogens (primary N) is 1. The van der Waals surface area contributed by atoms with Gasteiger partial charge < -0.3 is 15.6 Å². The highest BCUT2D eigenvalue weighted by molar-refractivity contribution is 7.89. The molecular weight excluding hydrogens is 272 g/mol. The Morgan fingerprint density at radius 2 is 2.21 bits per heavy atom. The van der Waals surface area contributed by atoms with E-state index in [1.54, 1.807) is 7.05 Å². The Morgan fingerprint density at radius 1 is 1.58 bits per heavy atom. The lowest BCUT2D eigenvalue weighted by Crippen LogP contribution is -2.54. The first kappa shape index (κ1) is 14.3. The van der Waals surface area contributed by atoms with Crippen molar-refractivity contribution in [2.24, 2.45) is 7.05 Å². The Kier molecular flexibility index (Phi) is 3.81. The molecule has 0 radical (unpaired) electrons. The summed E-state index contributed by atoms with van der Waals surface area (Å²) < 4.78 is 33.7. The highest BCUT2D eigenvalue weighted by Crippen LogP contribution is 2.24. The molecule has 0 aromatic carbocycles. The fraction of sp³-hybridized carbons (Fsp3) is 0.700. The molecule has 9 heteroatoms. The van der Waals surface area contributed by atoms with E-state index in [1.807, 2.05) is 0 Å². The van der Waals surface area contributed by atoms with Gasteiger partial charge in [-0.25, -0.2) is 13.1 Å². The molecule has 1 aliphatic rings. The van der Waals surface area contributed by atoms with Crippen LogP contribution in [0, 0.1) is 0 Å². The van der Waals surface area contributed by atoms with Crippen LogP contribution in [-0.4, -0.2) is 48.7 Å². The summed E-state index contributed by atoms with van der Waals surface area (Å²) in [7, 11) is -2.23. The smallest absolute Gasteiger partial charge is 0.246 e. The molecule has 108 valence electrons. The normalized spacial score (nSPS) is 19.5. The average Bonchev–Trinajstić information content (AvgIpc) is 2.70. The lowest BCUT2D eigenvalue weighted by molar-refractivity contribution is 0.0223. The van der Waals surface area contributed by atoms with E-state index >= 15 is 0 Å². The van der Waals surface area contributed by atoms with Crippen LogP contribution in [-0.2, 0) is 21.8 Å². The number of aliphatic hydroxyl groups is 1. The molecule has 0 bridgehead atoms. The third kappa shape index (κ3) is 2.89. The van der Waals surface area contributed by atoms with Crippen LogP contribution in [0.25, 0.3) is 0 Å². The first-order chi connectivity index (χ1) is 8.88. The number of nitrogen functional groups attached to an aromatic ring is 1. The number of nitrogens with one attached hydrogen (secondary N) is 1. The Morgan fingerprint density at radius 3 is 2.68 bits per heavy atom. The van der Waals surface area contributed by atoms with Crippen molar-refractivity contribution >= 4 is 15.8 Å². The Balaban J connectivity index is 2.27. The van der Waals surface area contributed by atoms with Crippen molar-refractivity contribution in [3.8, 4) is 0 Å². The molecule has 4 N–H and O–H groups in total. The van der Waals surface area contributed by atoms with Gasteiger partial charge in [-0.15, -0.1) is 0 Å². The Hall–Kier alpha value is -1.16. The van der Waals surface area contributed by atoms with Gasteiger partial charge in [0.1, 0.15) is 4.90 Å². The number of aryl methyl sites for hydroxylation is 1. The van der Waals surface area contributed by atoms with Gasteiger partial charge in [-0.3, -0.25) is 4.68 Å². The van der Waals surface area contributed by atoms with Crippen molar-refractivity contribution < 1.29 is 18.3 Å². The van der Waals surface area contributed by atoms with Crippen LogP contribution < -0.4 is 10.5 Å². The van der Waals surface area contributed by atoms with Gasteiger partial charge in [0.2, 0.25) is 10.0 Å². The summed E-state index contributed by atoms with van der Waals surface area (Å²) in [6.07, 6.45) is 2.17. The van der Waals surface area contributed by atoms with E-state index < -0.39 is 15.6 Å². The molecule has 1 aliphatic heterocycles. The number of hydrogen-bond donors (Lipinski definition) is 3. The summed E-state index contributed by atoms with van der Waals surface area (Å²) in [6.45, 7) is 0.535. The molecule has 2 rings (SSSR count). The van der Waals surface area contributed by atoms with E-state index in [4.69, 9.17) is 10.5 Å². The van der Waals surface area contributed by atoms with Gasteiger partial charge in [-0.1, -0.05) is 0 Å². The number of rotatable bonds is 4. The van der Waals surface area contributed by atoms with Crippen molar-refractivity contribution in [3.05, 3.63) is 6.20 Å². The number of hydrogen-bond acceptors (Lipinski definition) is 6. The van der Waals surface area contributed by atoms with Crippen molar-refractivity contribution in [1.29, 1.82) is 0 Å². The number of nitrogens with zero attached hydrogens (tertiary/aromatic N) is 2. The van der Waals surface area contributed by atoms with Gasteiger partial charge in [0.05, 0.1) is 12.1 Å². The SMILES string of the molecule is Cn1cc(S(=O)(=O)NC2(CO)CCOCC2)c(N)n1. The molecule has 2 heterocycles. The standard InChI is InChI=1S/C10H18N4O4S/c1-14-6-8(9(11)12-14)19(16,17)13-10(7-15)2-4-18-5-3-10/h6,13,15H,2-5,7H2,1H3,(H2,11,12). The van der Waals surface area contributed by atoms with E-state index in [-0.39, 0.29) is 17.3 Å². The van der Waals surface area contributed by atoms with Gasteiger partial charge in [-0.05, 0) is 12.8 Å². The Labute approximate surface area is 111 Å². The molecule has 0 aliphatic carbocycles. The number of ether oxygens (including phenoxy) is 1. The second-order valence-corrected chi connectivity index (χ2v) is 6.36. The predicted molar refractivity (Wildman–Crippen MR) is 67.8 cm³/mol. The molecule has 1 fully saturated rings. The molecule has 0 unspecified atom stereocenters. The van der Waals surface area contributed by atoms with E-state index in [0.717, 1.165) is 0 Å². The zero-order valence-electron chi connectivity index (χ0n) is 10.7. The molecule has 8 nitrogen and oxygen atoms in total. The number of sulfonamides is 1. The second kappa shape index (κ2) is 5.08. The first-order valence-corrected chi connectivity index (χ1v) is 7.39. The van der Waals surface area contributed by atoms with Crippen LogP contribution in [0.3, 0.4) is 0 Å². The van der Waals surface area contributed by atoms with Crippen LogP contribution >= 0.6 is 0 Å². The van der Waals surface area contributed by atoms with Gasteiger partial charge >= 0.3 is 0 Å². The largest absolute Gasteiger partial charge is 0.394 e. The highest BCUT2D eigenvalue weighted by atomic mass is 32.2. The zero-order chi connectivity index (χ0) is 14.1. The predicted octanol–water partition coefficient (Wildman–Crippen LogP) is -1.18. The van der Waals surface area contributed by atoms with Crippen LogP contribution in [0.4, 0.5) is 5.82 Å². The summed E-state index contributed by atoms with van der Waals surface area (Å²) in [4.78, 5) is -0.0747. The fourth-order valence-corrected chi connectivity index (χ4v) is 3.64. The molecule has 1 saturated heterocycles. The quantitative estimate of drug-likeness (QED) is 0.642. The molecule has 19 heavy (non-hydrogen) atoms. The zero-order valence-corrected chi connectivity index (χ0v) is 11.5. The summed E-state index contributed by atoms with van der Waals surface area (Å²) in [5.74, 6) is -0.0600. The fourth-order valence-electron chi connectivity index (χ4n) is 2.09. The van der Waals surface area contributed by atoms with Gasteiger partial charge in [0.25, 0.3) is 0 Å². The van der Waals surface area contributed by atoms with E-state index in [9.17, 15) is 13.5 Å². The topological polar surface area (TPSA) is 119 Å². The van der Waals surface area contributed by atoms with Gasteiger partial charge in [-0.2, -0.15) is 5.10 Å². The highest BCUT2D eigenvalue weighted by Gasteiger charge is 2.37. The number of aliphatic hydroxyl groups excluding tert-OH is 1. The summed E-state index contributed by atoms with van der Waals surface area (Å²) in [6, 6.07) is 0. The maximum atomic E-state index is 12.3. The number of anilines is 1. The third-order valence-corrected chi connectivity index (χ3v) is 4.81. The molecule has 0 atom stereocenters. The molecule has 0 spiro atoms. The van der Waals surface area contributed by atoms with E-state index in [1.165, 1.54) is 10.9 Å². The lowest BCUT2D eigenvalue weighted by atomic mass is 9.93. The lowest BCUT2D eigenvalue weighted by Gasteiger charge is -2.35. The number of aromatic nitrogens is 2. The van der Waals surface area contributed by atoms with Gasteiger partial charge in [0, 0.05) is 26.5 Å². The maximum Gasteiger partial charge on any atom is 0.246 e.